The van der Waals surface area contributed by atoms with Gasteiger partial charge in [-0.25, -0.2) is 0 Å². The van der Waals surface area contributed by atoms with Crippen molar-refractivity contribution in [2.45, 2.75) is 20.8 Å². The molecule has 0 spiro atoms. The smallest absolute Gasteiger partial charge is 0.281 e. The lowest BCUT2D eigenvalue weighted by molar-refractivity contribution is -0.114. The number of amides is 1. The van der Waals surface area contributed by atoms with Crippen LogP contribution in [0.2, 0.25) is 0 Å². The highest BCUT2D eigenvalue weighted by Gasteiger charge is 2.10. The van der Waals surface area contributed by atoms with Crippen molar-refractivity contribution in [1.82, 2.24) is 4.98 Å². The van der Waals surface area contributed by atoms with Crippen LogP contribution in [0.25, 0.3) is 10.1 Å². The van der Waals surface area contributed by atoms with E-state index in [2.05, 4.69) is 10.3 Å². The molecule has 1 aromatic carbocycles. The zero-order valence-corrected chi connectivity index (χ0v) is 12.6. The third-order valence-electron chi connectivity index (χ3n) is 2.96. The standard InChI is InChI=1S/C14H17N3O2S/c1-4-17(5-2)14-16-13(19)11-8-10(15-9(3)18)6-7-12(11)20-14/h6-8H,4-5H2,1-3H3,(H,15,18). The van der Waals surface area contributed by atoms with Crippen molar-refractivity contribution < 1.29 is 4.79 Å². The van der Waals surface area contributed by atoms with E-state index in [1.807, 2.05) is 24.8 Å². The van der Waals surface area contributed by atoms with Crippen molar-refractivity contribution in [1.29, 1.82) is 0 Å². The normalized spacial score (nSPS) is 10.6. The van der Waals surface area contributed by atoms with Crippen LogP contribution >= 0.6 is 11.3 Å². The van der Waals surface area contributed by atoms with Crippen molar-refractivity contribution in [3.8, 4) is 0 Å². The van der Waals surface area contributed by atoms with E-state index >= 15 is 0 Å². The maximum Gasteiger partial charge on any atom is 0.281 e. The van der Waals surface area contributed by atoms with Gasteiger partial charge in [0.05, 0.1) is 5.39 Å². The van der Waals surface area contributed by atoms with Gasteiger partial charge in [0.2, 0.25) is 5.91 Å². The van der Waals surface area contributed by atoms with Crippen LogP contribution in [-0.4, -0.2) is 24.0 Å². The minimum absolute atomic E-state index is 0.159. The summed E-state index contributed by atoms with van der Waals surface area (Å²) in [4.78, 5) is 29.4. The van der Waals surface area contributed by atoms with Gasteiger partial charge in [0.15, 0.2) is 5.13 Å². The van der Waals surface area contributed by atoms with Crippen LogP contribution in [0.4, 0.5) is 10.8 Å². The monoisotopic (exact) mass is 291 g/mol. The summed E-state index contributed by atoms with van der Waals surface area (Å²) in [5.41, 5.74) is 0.361. The number of fused-ring (bicyclic) bond motifs is 1. The topological polar surface area (TPSA) is 62.3 Å². The van der Waals surface area contributed by atoms with Crippen LogP contribution in [0, 0.1) is 0 Å². The van der Waals surface area contributed by atoms with Gasteiger partial charge in [0.1, 0.15) is 0 Å². The SMILES string of the molecule is CCN(CC)c1nc(=O)c2cc(NC(C)=O)ccc2s1. The van der Waals surface area contributed by atoms with Gasteiger partial charge in [-0.2, -0.15) is 4.98 Å². The van der Waals surface area contributed by atoms with Crippen LogP contribution < -0.4 is 15.8 Å². The number of aromatic nitrogens is 1. The first-order valence-electron chi connectivity index (χ1n) is 6.52. The van der Waals surface area contributed by atoms with Crippen molar-refractivity contribution in [2.75, 3.05) is 23.3 Å². The first-order valence-corrected chi connectivity index (χ1v) is 7.34. The summed E-state index contributed by atoms with van der Waals surface area (Å²) in [5, 5.41) is 3.95. The lowest BCUT2D eigenvalue weighted by Crippen LogP contribution is -2.24. The highest BCUT2D eigenvalue weighted by atomic mass is 32.1. The molecule has 0 saturated heterocycles. The van der Waals surface area contributed by atoms with Crippen LogP contribution in [0.3, 0.4) is 0 Å². The minimum Gasteiger partial charge on any atom is -0.349 e. The number of benzene rings is 1. The molecule has 0 aliphatic rings. The molecule has 106 valence electrons. The van der Waals surface area contributed by atoms with Crippen molar-refractivity contribution in [3.63, 3.8) is 0 Å². The van der Waals surface area contributed by atoms with Crippen molar-refractivity contribution >= 4 is 38.1 Å². The van der Waals surface area contributed by atoms with E-state index in [1.165, 1.54) is 18.3 Å². The van der Waals surface area contributed by atoms with Gasteiger partial charge < -0.3 is 10.2 Å². The lowest BCUT2D eigenvalue weighted by Gasteiger charge is -2.18. The van der Waals surface area contributed by atoms with E-state index < -0.39 is 0 Å². The van der Waals surface area contributed by atoms with Gasteiger partial charge in [-0.05, 0) is 32.0 Å². The zero-order chi connectivity index (χ0) is 14.7. The fourth-order valence-corrected chi connectivity index (χ4v) is 3.07. The lowest BCUT2D eigenvalue weighted by atomic mass is 10.2. The van der Waals surface area contributed by atoms with E-state index in [0.29, 0.717) is 11.1 Å². The molecule has 1 aromatic heterocycles. The quantitative estimate of drug-likeness (QED) is 0.940. The summed E-state index contributed by atoms with van der Waals surface area (Å²) in [7, 11) is 0. The number of anilines is 2. The second kappa shape index (κ2) is 6.00. The summed E-state index contributed by atoms with van der Waals surface area (Å²) in [6, 6.07) is 5.32. The Morgan fingerprint density at radius 3 is 2.65 bits per heavy atom. The van der Waals surface area contributed by atoms with Crippen LogP contribution in [0.5, 0.6) is 0 Å². The Balaban J connectivity index is 2.52. The molecule has 2 rings (SSSR count). The molecule has 6 heteroatoms. The Morgan fingerprint density at radius 1 is 1.35 bits per heavy atom. The molecular formula is C14H17N3O2S. The molecule has 0 aliphatic carbocycles. The van der Waals surface area contributed by atoms with Gasteiger partial charge in [-0.15, -0.1) is 0 Å². The molecule has 0 radical (unpaired) electrons. The first kappa shape index (κ1) is 14.5. The van der Waals surface area contributed by atoms with Gasteiger partial charge in [-0.3, -0.25) is 9.59 Å². The van der Waals surface area contributed by atoms with E-state index in [0.717, 1.165) is 22.9 Å². The van der Waals surface area contributed by atoms with Crippen LogP contribution in [0.15, 0.2) is 23.0 Å². The van der Waals surface area contributed by atoms with Gasteiger partial charge in [-0.1, -0.05) is 11.3 Å². The molecule has 0 atom stereocenters. The predicted octanol–water partition coefficient (Wildman–Crippen LogP) is 2.46. The second-order valence-electron chi connectivity index (χ2n) is 4.37. The average Bonchev–Trinajstić information content (AvgIpc) is 2.40. The number of nitrogens with zero attached hydrogens (tertiary/aromatic N) is 2. The Kier molecular flexibility index (Phi) is 4.34. The fraction of sp³-hybridized carbons (Fsp3) is 0.357. The zero-order valence-electron chi connectivity index (χ0n) is 11.8. The largest absolute Gasteiger partial charge is 0.349 e. The Labute approximate surface area is 121 Å². The summed E-state index contributed by atoms with van der Waals surface area (Å²) in [6.07, 6.45) is 0. The maximum atomic E-state index is 12.1. The Hall–Kier alpha value is -1.95. The minimum atomic E-state index is -0.257. The number of hydrogen-bond acceptors (Lipinski definition) is 5. The summed E-state index contributed by atoms with van der Waals surface area (Å²) in [6.45, 7) is 7.13. The van der Waals surface area contributed by atoms with Gasteiger partial charge >= 0.3 is 0 Å². The van der Waals surface area contributed by atoms with Gasteiger partial charge in [0, 0.05) is 30.4 Å². The third-order valence-corrected chi connectivity index (χ3v) is 4.07. The van der Waals surface area contributed by atoms with Gasteiger partial charge in [0.25, 0.3) is 5.56 Å². The number of carbonyl (C=O) groups is 1. The number of nitrogens with one attached hydrogen (secondary N) is 1. The molecule has 2 aromatic rings. The highest BCUT2D eigenvalue weighted by Crippen LogP contribution is 2.25. The second-order valence-corrected chi connectivity index (χ2v) is 5.38. The molecule has 0 aliphatic heterocycles. The molecule has 1 amide bonds. The highest BCUT2D eigenvalue weighted by molar-refractivity contribution is 7.21. The Morgan fingerprint density at radius 2 is 2.05 bits per heavy atom. The number of hydrogen-bond donors (Lipinski definition) is 1. The molecule has 0 unspecified atom stereocenters. The molecule has 5 nitrogen and oxygen atoms in total. The van der Waals surface area contributed by atoms with Crippen molar-refractivity contribution in [2.24, 2.45) is 0 Å². The molecule has 0 saturated carbocycles. The fourth-order valence-electron chi connectivity index (χ4n) is 1.96. The molecule has 1 N–H and O–H groups in total. The number of rotatable bonds is 4. The summed E-state index contributed by atoms with van der Waals surface area (Å²) in [5.74, 6) is -0.159. The third kappa shape index (κ3) is 2.96. The summed E-state index contributed by atoms with van der Waals surface area (Å²) >= 11 is 1.49. The summed E-state index contributed by atoms with van der Waals surface area (Å²) < 4.78 is 0.876. The molecule has 0 fully saturated rings. The van der Waals surface area contributed by atoms with E-state index in [4.69, 9.17) is 0 Å². The number of carbonyl (C=O) groups excluding carboxylic acids is 1. The predicted molar refractivity (Wildman–Crippen MR) is 83.8 cm³/mol. The molecular weight excluding hydrogens is 274 g/mol. The van der Waals surface area contributed by atoms with Crippen molar-refractivity contribution in [3.05, 3.63) is 28.6 Å². The van der Waals surface area contributed by atoms with Crippen LogP contribution in [0.1, 0.15) is 20.8 Å². The molecule has 20 heavy (non-hydrogen) atoms. The molecule has 0 bridgehead atoms. The Bertz CT molecular complexity index is 692. The van der Waals surface area contributed by atoms with E-state index in [9.17, 15) is 9.59 Å². The average molecular weight is 291 g/mol. The van der Waals surface area contributed by atoms with E-state index in [-0.39, 0.29) is 11.5 Å². The van der Waals surface area contributed by atoms with E-state index in [1.54, 1.807) is 12.1 Å². The molecule has 1 heterocycles. The first-order chi connectivity index (χ1) is 9.55. The van der Waals surface area contributed by atoms with Crippen LogP contribution in [-0.2, 0) is 4.79 Å². The maximum absolute atomic E-state index is 12.1.